The summed E-state index contributed by atoms with van der Waals surface area (Å²) < 4.78 is 40.3. The molecule has 1 aliphatic carbocycles. The molecule has 3 aromatic carbocycles. The summed E-state index contributed by atoms with van der Waals surface area (Å²) in [5.41, 5.74) is 2.51. The Morgan fingerprint density at radius 1 is 0.933 bits per heavy atom. The lowest BCUT2D eigenvalue weighted by molar-refractivity contribution is -0.139. The van der Waals surface area contributed by atoms with Crippen molar-refractivity contribution in [2.45, 2.75) is 70.0 Å². The number of nitrogens with one attached hydrogen (secondary N) is 1. The highest BCUT2D eigenvalue weighted by Crippen LogP contribution is 2.33. The number of nitrogens with zero attached hydrogens (tertiary/aromatic N) is 2. The molecule has 2 amide bonds. The van der Waals surface area contributed by atoms with Crippen LogP contribution in [0, 0.1) is 13.8 Å². The number of carbonyl (C=O) groups excluding carboxylic acids is 2. The predicted octanol–water partition coefficient (Wildman–Crippen LogP) is 6.30. The molecule has 4 rings (SSSR count). The maximum Gasteiger partial charge on any atom is 0.264 e. The van der Waals surface area contributed by atoms with Gasteiger partial charge in [0.05, 0.1) is 24.8 Å². The molecule has 12 heteroatoms. The minimum atomic E-state index is -4.32. The first-order valence-corrected chi connectivity index (χ1v) is 16.9. The lowest BCUT2D eigenvalue weighted by atomic mass is 10.1. The number of carbonyl (C=O) groups is 2. The summed E-state index contributed by atoms with van der Waals surface area (Å²) in [5.74, 6) is -0.320. The van der Waals surface area contributed by atoms with E-state index in [-0.39, 0.29) is 29.1 Å². The lowest BCUT2D eigenvalue weighted by Crippen LogP contribution is -2.52. The van der Waals surface area contributed by atoms with Gasteiger partial charge in [0, 0.05) is 28.7 Å². The van der Waals surface area contributed by atoms with Gasteiger partial charge in [-0.3, -0.25) is 13.9 Å². The fourth-order valence-corrected chi connectivity index (χ4v) is 7.42. The van der Waals surface area contributed by atoms with Gasteiger partial charge >= 0.3 is 0 Å². The molecular weight excluding hydrogens is 637 g/mol. The molecular formula is C33H39Cl2N3O6S. The summed E-state index contributed by atoms with van der Waals surface area (Å²) in [4.78, 5) is 29.0. The third-order valence-corrected chi connectivity index (χ3v) is 10.3. The molecule has 0 spiro atoms. The average Bonchev–Trinajstić information content (AvgIpc) is 3.51. The van der Waals surface area contributed by atoms with Gasteiger partial charge < -0.3 is 19.7 Å². The van der Waals surface area contributed by atoms with Crippen molar-refractivity contribution in [1.82, 2.24) is 10.2 Å². The van der Waals surface area contributed by atoms with Crippen LogP contribution < -0.4 is 19.1 Å². The number of ether oxygens (including phenoxy) is 2. The van der Waals surface area contributed by atoms with Gasteiger partial charge in [0.1, 0.15) is 12.6 Å². The van der Waals surface area contributed by atoms with Gasteiger partial charge in [-0.25, -0.2) is 8.42 Å². The topological polar surface area (TPSA) is 105 Å². The Kier molecular flexibility index (Phi) is 11.3. The number of rotatable bonds is 12. The molecule has 1 unspecified atom stereocenters. The Morgan fingerprint density at radius 2 is 1.58 bits per heavy atom. The second-order valence-corrected chi connectivity index (χ2v) is 14.0. The van der Waals surface area contributed by atoms with E-state index in [0.717, 1.165) is 41.1 Å². The molecule has 1 fully saturated rings. The van der Waals surface area contributed by atoms with Crippen LogP contribution in [0.1, 0.15) is 49.3 Å². The van der Waals surface area contributed by atoms with Crippen molar-refractivity contribution in [3.05, 3.63) is 81.3 Å². The number of aryl methyl sites for hydroxylation is 2. The van der Waals surface area contributed by atoms with Gasteiger partial charge in [0.2, 0.25) is 11.8 Å². The summed E-state index contributed by atoms with van der Waals surface area (Å²) in [5, 5.41) is 3.81. The van der Waals surface area contributed by atoms with E-state index < -0.39 is 28.5 Å². The van der Waals surface area contributed by atoms with E-state index in [9.17, 15) is 18.0 Å². The van der Waals surface area contributed by atoms with E-state index >= 15 is 0 Å². The monoisotopic (exact) mass is 675 g/mol. The Balaban J connectivity index is 1.76. The SMILES string of the molecule is COc1ccc(S(=O)(=O)N(CC(=O)N(Cc2ccc(Cl)cc2Cl)C(C)C(=O)NC2CCCC2)c2cc(C)cc(C)c2)cc1OC. The van der Waals surface area contributed by atoms with Crippen LogP contribution in [0.3, 0.4) is 0 Å². The number of methoxy groups -OCH3 is 2. The van der Waals surface area contributed by atoms with E-state index in [0.29, 0.717) is 27.0 Å². The van der Waals surface area contributed by atoms with Gasteiger partial charge in [-0.1, -0.05) is 48.2 Å². The van der Waals surface area contributed by atoms with E-state index in [4.69, 9.17) is 32.7 Å². The zero-order chi connectivity index (χ0) is 32.9. The molecule has 242 valence electrons. The summed E-state index contributed by atoms with van der Waals surface area (Å²) >= 11 is 12.6. The first-order valence-electron chi connectivity index (χ1n) is 14.7. The zero-order valence-electron chi connectivity index (χ0n) is 26.1. The van der Waals surface area contributed by atoms with Gasteiger partial charge in [-0.05, 0) is 86.7 Å². The number of halogens is 2. The highest BCUT2D eigenvalue weighted by molar-refractivity contribution is 7.92. The zero-order valence-corrected chi connectivity index (χ0v) is 28.4. The van der Waals surface area contributed by atoms with Crippen LogP contribution in [-0.2, 0) is 26.2 Å². The third-order valence-electron chi connectivity index (χ3n) is 7.94. The quantitative estimate of drug-likeness (QED) is 0.242. The molecule has 9 nitrogen and oxygen atoms in total. The maximum absolute atomic E-state index is 14.3. The van der Waals surface area contributed by atoms with Crippen molar-refractivity contribution < 1.29 is 27.5 Å². The summed E-state index contributed by atoms with van der Waals surface area (Å²) in [6, 6.07) is 13.6. The first kappa shape index (κ1) is 34.4. The first-order chi connectivity index (χ1) is 21.3. The molecule has 3 aromatic rings. The van der Waals surface area contributed by atoms with E-state index in [1.54, 1.807) is 37.3 Å². The van der Waals surface area contributed by atoms with Crippen LogP contribution in [0.25, 0.3) is 0 Å². The van der Waals surface area contributed by atoms with Crippen LogP contribution in [0.15, 0.2) is 59.5 Å². The summed E-state index contributed by atoms with van der Waals surface area (Å²) in [7, 11) is -1.45. The number of anilines is 1. The number of benzene rings is 3. The Bertz CT molecular complexity index is 1640. The second kappa shape index (κ2) is 14.7. The fraction of sp³-hybridized carbons (Fsp3) is 0.394. The molecule has 1 aliphatic rings. The van der Waals surface area contributed by atoms with Crippen LogP contribution in [-0.4, -0.2) is 58.0 Å². The smallest absolute Gasteiger partial charge is 0.264 e. The van der Waals surface area contributed by atoms with Gasteiger partial charge in [-0.15, -0.1) is 0 Å². The van der Waals surface area contributed by atoms with E-state index in [1.165, 1.54) is 37.3 Å². The largest absolute Gasteiger partial charge is 0.493 e. The highest BCUT2D eigenvalue weighted by atomic mass is 35.5. The third kappa shape index (κ3) is 8.23. The second-order valence-electron chi connectivity index (χ2n) is 11.3. The summed E-state index contributed by atoms with van der Waals surface area (Å²) in [6.07, 6.45) is 3.81. The molecule has 45 heavy (non-hydrogen) atoms. The average molecular weight is 677 g/mol. The van der Waals surface area contributed by atoms with Gasteiger partial charge in [0.15, 0.2) is 11.5 Å². The lowest BCUT2D eigenvalue weighted by Gasteiger charge is -2.33. The minimum Gasteiger partial charge on any atom is -0.493 e. The number of sulfonamides is 1. The standard InChI is InChI=1S/C33H39Cl2N3O6S/c1-21-14-22(2)16-27(15-21)38(45(41,42)28-12-13-30(43-4)31(18-28)44-5)20-32(39)37(19-24-10-11-25(34)17-29(24)35)23(3)33(40)36-26-8-6-7-9-26/h10-18,23,26H,6-9,19-20H2,1-5H3,(H,36,40). The number of hydrogen-bond acceptors (Lipinski definition) is 6. The number of amides is 2. The Hall–Kier alpha value is -3.47. The van der Waals surface area contributed by atoms with Crippen molar-refractivity contribution >= 4 is 50.7 Å². The van der Waals surface area contributed by atoms with Crippen LogP contribution >= 0.6 is 23.2 Å². The predicted molar refractivity (Wildman–Crippen MR) is 177 cm³/mol. The molecule has 0 saturated heterocycles. The van der Waals surface area contributed by atoms with Crippen molar-refractivity contribution in [2.24, 2.45) is 0 Å². The molecule has 0 aliphatic heterocycles. The van der Waals surface area contributed by atoms with Crippen LogP contribution in [0.5, 0.6) is 11.5 Å². The van der Waals surface area contributed by atoms with Gasteiger partial charge in [-0.2, -0.15) is 0 Å². The molecule has 0 radical (unpaired) electrons. The van der Waals surface area contributed by atoms with E-state index in [2.05, 4.69) is 5.32 Å². The maximum atomic E-state index is 14.3. The van der Waals surface area contributed by atoms with Crippen molar-refractivity contribution in [3.8, 4) is 11.5 Å². The molecule has 0 bridgehead atoms. The van der Waals surface area contributed by atoms with Crippen LogP contribution in [0.2, 0.25) is 10.0 Å². The molecule has 1 atom stereocenters. The molecule has 0 heterocycles. The molecule has 0 aromatic heterocycles. The van der Waals surface area contributed by atoms with Crippen molar-refractivity contribution in [1.29, 1.82) is 0 Å². The molecule has 1 N–H and O–H groups in total. The van der Waals surface area contributed by atoms with Crippen LogP contribution in [0.4, 0.5) is 5.69 Å². The van der Waals surface area contributed by atoms with Crippen molar-refractivity contribution in [2.75, 3.05) is 25.1 Å². The minimum absolute atomic E-state index is 0.0354. The van der Waals surface area contributed by atoms with Gasteiger partial charge in [0.25, 0.3) is 10.0 Å². The fourth-order valence-electron chi connectivity index (χ4n) is 5.54. The Morgan fingerprint density at radius 3 is 2.18 bits per heavy atom. The Labute approximate surface area is 275 Å². The highest BCUT2D eigenvalue weighted by Gasteiger charge is 2.34. The van der Waals surface area contributed by atoms with E-state index in [1.807, 2.05) is 19.9 Å². The number of hydrogen-bond donors (Lipinski definition) is 1. The molecule has 1 saturated carbocycles. The van der Waals surface area contributed by atoms with Crippen molar-refractivity contribution in [3.63, 3.8) is 0 Å². The summed E-state index contributed by atoms with van der Waals surface area (Å²) in [6.45, 7) is 4.72. The normalized spacial score (nSPS) is 14.1.